The zero-order chi connectivity index (χ0) is 36.1. The third kappa shape index (κ3) is 11.1. The van der Waals surface area contributed by atoms with E-state index in [2.05, 4.69) is 0 Å². The highest BCUT2D eigenvalue weighted by molar-refractivity contribution is 6.04. The number of aliphatic hydroxyl groups is 2. The number of methoxy groups -OCH3 is 1. The third-order valence-electron chi connectivity index (χ3n) is 9.88. The van der Waals surface area contributed by atoms with Crippen molar-refractivity contribution in [2.75, 3.05) is 61.0 Å². The number of esters is 1. The molecule has 2 N–H and O–H groups in total. The van der Waals surface area contributed by atoms with Gasteiger partial charge in [-0.3, -0.25) is 19.4 Å². The largest absolute Gasteiger partial charge is 0.463 e. The van der Waals surface area contributed by atoms with Crippen molar-refractivity contribution >= 4 is 11.8 Å². The van der Waals surface area contributed by atoms with Crippen molar-refractivity contribution in [1.29, 1.82) is 0 Å². The van der Waals surface area contributed by atoms with E-state index in [1.54, 1.807) is 6.92 Å². The Bertz CT molecular complexity index is 1020. The van der Waals surface area contributed by atoms with E-state index in [-0.39, 0.29) is 37.6 Å². The van der Waals surface area contributed by atoms with Gasteiger partial charge in [0.1, 0.15) is 18.1 Å². The van der Waals surface area contributed by atoms with Crippen LogP contribution >= 0.6 is 0 Å². The topological polar surface area (TPSA) is 121 Å². The summed E-state index contributed by atoms with van der Waals surface area (Å²) < 4.78 is 63.2. The van der Waals surface area contributed by atoms with Crippen LogP contribution in [0.2, 0.25) is 0 Å². The smallest absolute Gasteiger partial charge is 0.401 e. The van der Waals surface area contributed by atoms with E-state index in [1.807, 2.05) is 51.6 Å². The molecule has 0 aliphatic carbocycles. The lowest BCUT2D eigenvalue weighted by molar-refractivity contribution is -0.295. The minimum absolute atomic E-state index is 0.0147. The highest BCUT2D eigenvalue weighted by atomic mass is 19.4. The highest BCUT2D eigenvalue weighted by Gasteiger charge is 2.51. The number of Topliss-reactive ketones (excluding diaryl/α,β-unsaturated/α-hetero) is 1. The molecule has 0 aromatic heterocycles. The fraction of sp³-hybridized carbons (Fsp3) is 0.939. The second-order valence-corrected chi connectivity index (χ2v) is 14.7. The minimum Gasteiger partial charge on any atom is -0.463 e. The third-order valence-corrected chi connectivity index (χ3v) is 9.88. The molecule has 2 aliphatic heterocycles. The summed E-state index contributed by atoms with van der Waals surface area (Å²) in [5.41, 5.74) is -2.71. The van der Waals surface area contributed by atoms with Crippen molar-refractivity contribution in [2.45, 2.75) is 122 Å². The van der Waals surface area contributed by atoms with Gasteiger partial charge in [-0.2, -0.15) is 13.2 Å². The Morgan fingerprint density at radius 3 is 2.28 bits per heavy atom. The summed E-state index contributed by atoms with van der Waals surface area (Å²) in [5.74, 6) is -2.25. The molecular weight excluding hydrogens is 623 g/mol. The van der Waals surface area contributed by atoms with E-state index in [0.29, 0.717) is 25.9 Å². The number of hydrogen-bond donors (Lipinski definition) is 2. The average molecular weight is 684 g/mol. The fourth-order valence-corrected chi connectivity index (χ4v) is 7.10. The average Bonchev–Trinajstić information content (AvgIpc) is 2.97. The van der Waals surface area contributed by atoms with Crippen molar-refractivity contribution in [3.05, 3.63) is 0 Å². The Kier molecular flexibility index (Phi) is 15.1. The molecule has 0 radical (unpaired) electrons. The predicted octanol–water partition coefficient (Wildman–Crippen LogP) is 2.95. The first-order valence-corrected chi connectivity index (χ1v) is 16.7. The maximum atomic E-state index is 14.2. The van der Waals surface area contributed by atoms with Crippen LogP contribution in [0.1, 0.15) is 67.7 Å². The molecular formula is C33H60F3N3O8. The van der Waals surface area contributed by atoms with Crippen LogP contribution in [0.4, 0.5) is 13.2 Å². The molecule has 2 aliphatic rings. The summed E-state index contributed by atoms with van der Waals surface area (Å²) in [6.45, 7) is 11.7. The number of halogens is 3. The minimum atomic E-state index is -4.37. The van der Waals surface area contributed by atoms with E-state index in [1.165, 1.54) is 28.0 Å². The number of cyclic esters (lactones) is 1. The first kappa shape index (κ1) is 41.8. The maximum absolute atomic E-state index is 14.2. The highest BCUT2D eigenvalue weighted by Crippen LogP contribution is 2.38. The number of nitrogens with zero attached hydrogens (tertiary/aromatic N) is 3. The van der Waals surface area contributed by atoms with Crippen LogP contribution in [0.25, 0.3) is 0 Å². The van der Waals surface area contributed by atoms with Crippen LogP contribution in [0.15, 0.2) is 0 Å². The van der Waals surface area contributed by atoms with Crippen LogP contribution < -0.4 is 0 Å². The standard InChI is InChI=1S/C33H60F3N3O8/c1-12-39-17-20(2)16-32(7,44-11)28(47-29-26(41)23(37(8)9)15-21(3)46-29)22(4)27(42)31(5,6)30(43)45-18-24(39)25(40)13-14-38(10)19-33(34,35)36/h20-26,28-29,40-41H,12-19H2,1-11H3/t20-,21-,22+,23+,24+,25-,26-,28-,29+,32-/m1/s1. The first-order chi connectivity index (χ1) is 21.6. The number of alkyl halides is 3. The summed E-state index contributed by atoms with van der Waals surface area (Å²) in [6, 6.07) is -0.982. The lowest BCUT2D eigenvalue weighted by Gasteiger charge is -2.47. The van der Waals surface area contributed by atoms with E-state index in [9.17, 15) is 33.0 Å². The SMILES string of the molecule is CCN1C[C@H](C)C[C@@](C)(OC)[C@H](O[C@@H]2O[C@H](C)C[C@H](N(C)C)[C@H]2O)[C@@H](C)C(=O)C(C)(C)C(=O)OC[C@H]1[C@H](O)CCN(C)CC(F)(F)F. The van der Waals surface area contributed by atoms with Gasteiger partial charge in [0, 0.05) is 32.2 Å². The molecule has 2 fully saturated rings. The summed E-state index contributed by atoms with van der Waals surface area (Å²) in [7, 11) is 6.60. The van der Waals surface area contributed by atoms with Gasteiger partial charge in [-0.05, 0) is 80.6 Å². The van der Waals surface area contributed by atoms with Gasteiger partial charge in [0.25, 0.3) is 0 Å². The van der Waals surface area contributed by atoms with Crippen molar-refractivity contribution in [3.63, 3.8) is 0 Å². The Hall–Kier alpha value is -1.39. The van der Waals surface area contributed by atoms with Crippen LogP contribution in [-0.4, -0.2) is 152 Å². The van der Waals surface area contributed by atoms with Crippen LogP contribution in [0.5, 0.6) is 0 Å². The number of ketones is 1. The Balaban J connectivity index is 2.49. The monoisotopic (exact) mass is 683 g/mol. The van der Waals surface area contributed by atoms with Crippen LogP contribution in [-0.2, 0) is 28.5 Å². The molecule has 14 heteroatoms. The maximum Gasteiger partial charge on any atom is 0.401 e. The van der Waals surface area contributed by atoms with Crippen LogP contribution in [0, 0.1) is 17.3 Å². The normalized spacial score (nSPS) is 36.0. The van der Waals surface area contributed by atoms with Gasteiger partial charge in [-0.25, -0.2) is 0 Å². The van der Waals surface area contributed by atoms with Crippen molar-refractivity contribution in [2.24, 2.45) is 17.3 Å². The second kappa shape index (κ2) is 17.0. The second-order valence-electron chi connectivity index (χ2n) is 14.7. The van der Waals surface area contributed by atoms with Crippen LogP contribution in [0.3, 0.4) is 0 Å². The van der Waals surface area contributed by atoms with Gasteiger partial charge >= 0.3 is 12.1 Å². The quantitative estimate of drug-likeness (QED) is 0.261. The van der Waals surface area contributed by atoms with E-state index >= 15 is 0 Å². The molecule has 0 spiro atoms. The van der Waals surface area contributed by atoms with Crippen molar-refractivity contribution in [1.82, 2.24) is 14.7 Å². The molecule has 0 unspecified atom stereocenters. The predicted molar refractivity (Wildman–Crippen MR) is 171 cm³/mol. The molecule has 0 aromatic rings. The summed E-state index contributed by atoms with van der Waals surface area (Å²) in [6.07, 6.45) is -7.75. The molecule has 47 heavy (non-hydrogen) atoms. The number of carbonyl (C=O) groups excluding carboxylic acids is 2. The fourth-order valence-electron chi connectivity index (χ4n) is 7.10. The number of aliphatic hydroxyl groups excluding tert-OH is 2. The van der Waals surface area contributed by atoms with Gasteiger partial charge in [0.15, 0.2) is 12.1 Å². The Morgan fingerprint density at radius 1 is 1.13 bits per heavy atom. The molecule has 0 amide bonds. The molecule has 0 saturated carbocycles. The molecule has 0 aromatic carbocycles. The van der Waals surface area contributed by atoms with Gasteiger partial charge in [0.05, 0.1) is 36.5 Å². The van der Waals surface area contributed by atoms with Gasteiger partial charge in [-0.15, -0.1) is 0 Å². The first-order valence-electron chi connectivity index (χ1n) is 16.7. The van der Waals surface area contributed by atoms with Crippen molar-refractivity contribution in [3.8, 4) is 0 Å². The lowest BCUT2D eigenvalue weighted by atomic mass is 9.74. The van der Waals surface area contributed by atoms with E-state index < -0.39 is 72.1 Å². The zero-order valence-corrected chi connectivity index (χ0v) is 30.2. The number of carbonyl (C=O) groups is 2. The molecule has 2 saturated heterocycles. The summed E-state index contributed by atoms with van der Waals surface area (Å²) >= 11 is 0. The zero-order valence-electron chi connectivity index (χ0n) is 30.2. The Morgan fingerprint density at radius 2 is 1.74 bits per heavy atom. The van der Waals surface area contributed by atoms with Gasteiger partial charge < -0.3 is 34.1 Å². The molecule has 11 nitrogen and oxygen atoms in total. The van der Waals surface area contributed by atoms with E-state index in [4.69, 9.17) is 18.9 Å². The summed E-state index contributed by atoms with van der Waals surface area (Å²) in [5, 5.41) is 22.6. The van der Waals surface area contributed by atoms with E-state index in [0.717, 1.165) is 4.90 Å². The molecule has 10 atom stereocenters. The van der Waals surface area contributed by atoms with Gasteiger partial charge in [-0.1, -0.05) is 20.8 Å². The number of ether oxygens (including phenoxy) is 4. The number of hydrogen-bond acceptors (Lipinski definition) is 11. The molecule has 0 bridgehead atoms. The molecule has 2 heterocycles. The summed E-state index contributed by atoms with van der Waals surface area (Å²) in [4.78, 5) is 32.7. The van der Waals surface area contributed by atoms with Gasteiger partial charge in [0.2, 0.25) is 0 Å². The Labute approximate surface area is 279 Å². The number of rotatable bonds is 10. The molecule has 2 rings (SSSR count). The van der Waals surface area contributed by atoms with Crippen molar-refractivity contribution < 1.29 is 51.9 Å². The lowest BCUT2D eigenvalue weighted by Crippen LogP contribution is -2.59. The molecule has 276 valence electrons. The number of likely N-dealkylation sites (N-methyl/N-ethyl adjacent to an activating group) is 2.